The summed E-state index contributed by atoms with van der Waals surface area (Å²) in [6.45, 7) is 2.21. The van der Waals surface area contributed by atoms with Gasteiger partial charge in [0.1, 0.15) is 0 Å². The number of carbonyl (C=O) groups excluding carboxylic acids is 1. The summed E-state index contributed by atoms with van der Waals surface area (Å²) in [4.78, 5) is 27.7. The number of amides is 2. The Morgan fingerprint density at radius 2 is 1.96 bits per heavy atom. The first-order chi connectivity index (χ1) is 12.5. The number of aromatic nitrogens is 1. The van der Waals surface area contributed by atoms with Crippen molar-refractivity contribution in [3.63, 3.8) is 0 Å². The molecule has 0 atom stereocenters. The van der Waals surface area contributed by atoms with E-state index in [4.69, 9.17) is 0 Å². The molecule has 0 aliphatic heterocycles. The van der Waals surface area contributed by atoms with Crippen LogP contribution in [-0.2, 0) is 6.54 Å². The summed E-state index contributed by atoms with van der Waals surface area (Å²) in [5.74, 6) is 0. The smallest absolute Gasteiger partial charge is 0.321 e. The highest BCUT2D eigenvalue weighted by Gasteiger charge is 2.14. The van der Waals surface area contributed by atoms with Crippen LogP contribution in [0.2, 0.25) is 0 Å². The number of nitro benzene ring substituents is 1. The van der Waals surface area contributed by atoms with Gasteiger partial charge in [0.15, 0.2) is 5.13 Å². The number of nitrogens with one attached hydrogen (secondary N) is 2. The number of nitrogens with zero attached hydrogens (tertiary/aromatic N) is 2. The molecule has 3 rings (SSSR count). The molecule has 132 valence electrons. The van der Waals surface area contributed by atoms with Crippen molar-refractivity contribution in [3.05, 3.63) is 76.0 Å². The second-order valence-electron chi connectivity index (χ2n) is 5.53. The average molecular weight is 368 g/mol. The molecule has 2 aromatic carbocycles. The standard InChI is InChI=1S/C18H16N4O3S/c1-12-16(14-8-5-9-15(10-14)22(24)25)26-18(20-12)21-17(23)19-11-13-6-3-2-4-7-13/h2-10H,11H2,1H3,(H2,19,20,21,23). The number of rotatable bonds is 5. The molecular weight excluding hydrogens is 352 g/mol. The van der Waals surface area contributed by atoms with Gasteiger partial charge in [0.25, 0.3) is 5.69 Å². The van der Waals surface area contributed by atoms with Gasteiger partial charge >= 0.3 is 6.03 Å². The Morgan fingerprint density at radius 1 is 1.19 bits per heavy atom. The number of non-ortho nitro benzene ring substituents is 1. The van der Waals surface area contributed by atoms with Gasteiger partial charge in [0.2, 0.25) is 0 Å². The minimum atomic E-state index is -0.434. The van der Waals surface area contributed by atoms with Crippen molar-refractivity contribution in [2.24, 2.45) is 0 Å². The van der Waals surface area contributed by atoms with Gasteiger partial charge in [-0.25, -0.2) is 9.78 Å². The Labute approximate surface area is 153 Å². The SMILES string of the molecule is Cc1nc(NC(=O)NCc2ccccc2)sc1-c1cccc([N+](=O)[O-])c1. The lowest BCUT2D eigenvalue weighted by Gasteiger charge is -2.05. The Hall–Kier alpha value is -3.26. The van der Waals surface area contributed by atoms with Gasteiger partial charge in [-0.05, 0) is 12.5 Å². The third kappa shape index (κ3) is 4.22. The topological polar surface area (TPSA) is 97.2 Å². The molecule has 26 heavy (non-hydrogen) atoms. The molecular formula is C18H16N4O3S. The first kappa shape index (κ1) is 17.6. The fourth-order valence-corrected chi connectivity index (χ4v) is 3.36. The predicted octanol–water partition coefficient (Wildman–Crippen LogP) is 4.35. The lowest BCUT2D eigenvalue weighted by molar-refractivity contribution is -0.384. The number of hydrogen-bond acceptors (Lipinski definition) is 5. The zero-order chi connectivity index (χ0) is 18.5. The molecule has 3 aromatic rings. The predicted molar refractivity (Wildman–Crippen MR) is 101 cm³/mol. The minimum Gasteiger partial charge on any atom is -0.334 e. The van der Waals surface area contributed by atoms with E-state index in [1.165, 1.54) is 23.5 Å². The summed E-state index contributed by atoms with van der Waals surface area (Å²) in [5.41, 5.74) is 2.42. The highest BCUT2D eigenvalue weighted by Crippen LogP contribution is 2.34. The first-order valence-electron chi connectivity index (χ1n) is 7.84. The number of aryl methyl sites for hydroxylation is 1. The van der Waals surface area contributed by atoms with Crippen LogP contribution >= 0.6 is 11.3 Å². The van der Waals surface area contributed by atoms with Gasteiger partial charge in [0, 0.05) is 24.2 Å². The third-order valence-corrected chi connectivity index (χ3v) is 4.75. The molecule has 0 saturated carbocycles. The van der Waals surface area contributed by atoms with E-state index in [0.29, 0.717) is 22.9 Å². The summed E-state index contributed by atoms with van der Waals surface area (Å²) in [7, 11) is 0. The maximum absolute atomic E-state index is 12.0. The van der Waals surface area contributed by atoms with E-state index < -0.39 is 4.92 Å². The molecule has 8 heteroatoms. The molecule has 0 bridgehead atoms. The van der Waals surface area contributed by atoms with Gasteiger partial charge in [-0.1, -0.05) is 53.8 Å². The minimum absolute atomic E-state index is 0.0189. The summed E-state index contributed by atoms with van der Waals surface area (Å²) in [5, 5.41) is 16.8. The fraction of sp³-hybridized carbons (Fsp3) is 0.111. The van der Waals surface area contributed by atoms with Crippen molar-refractivity contribution in [1.82, 2.24) is 10.3 Å². The number of thiazole rings is 1. The molecule has 2 amide bonds. The lowest BCUT2D eigenvalue weighted by Crippen LogP contribution is -2.28. The van der Waals surface area contributed by atoms with Crippen LogP contribution in [0, 0.1) is 17.0 Å². The molecule has 0 saturated heterocycles. The Morgan fingerprint density at radius 3 is 2.69 bits per heavy atom. The average Bonchev–Trinajstić information content (AvgIpc) is 3.01. The van der Waals surface area contributed by atoms with Gasteiger partial charge in [-0.2, -0.15) is 0 Å². The summed E-state index contributed by atoms with van der Waals surface area (Å²) in [6.07, 6.45) is 0. The molecule has 1 heterocycles. The van der Waals surface area contributed by atoms with Crippen LogP contribution in [0.5, 0.6) is 0 Å². The number of anilines is 1. The Balaban J connectivity index is 1.69. The molecule has 0 unspecified atom stereocenters. The number of benzene rings is 2. The Kier molecular flexibility index (Phi) is 5.23. The van der Waals surface area contributed by atoms with E-state index in [0.717, 1.165) is 10.4 Å². The summed E-state index contributed by atoms with van der Waals surface area (Å²) >= 11 is 1.28. The van der Waals surface area contributed by atoms with Crippen LogP contribution in [0.4, 0.5) is 15.6 Å². The van der Waals surface area contributed by atoms with Crippen LogP contribution < -0.4 is 10.6 Å². The number of urea groups is 1. The Bertz CT molecular complexity index is 941. The molecule has 0 spiro atoms. The van der Waals surface area contributed by atoms with E-state index in [1.54, 1.807) is 19.1 Å². The highest BCUT2D eigenvalue weighted by molar-refractivity contribution is 7.19. The molecule has 0 fully saturated rings. The van der Waals surface area contributed by atoms with Crippen molar-refractivity contribution in [2.75, 3.05) is 5.32 Å². The zero-order valence-electron chi connectivity index (χ0n) is 13.9. The van der Waals surface area contributed by atoms with Gasteiger partial charge < -0.3 is 5.32 Å². The van der Waals surface area contributed by atoms with E-state index in [-0.39, 0.29) is 11.7 Å². The van der Waals surface area contributed by atoms with Gasteiger partial charge in [-0.15, -0.1) is 0 Å². The molecule has 1 aromatic heterocycles. The van der Waals surface area contributed by atoms with E-state index in [2.05, 4.69) is 15.6 Å². The van der Waals surface area contributed by atoms with Crippen LogP contribution in [0.25, 0.3) is 10.4 Å². The van der Waals surface area contributed by atoms with Crippen LogP contribution in [0.15, 0.2) is 54.6 Å². The van der Waals surface area contributed by atoms with E-state index in [9.17, 15) is 14.9 Å². The van der Waals surface area contributed by atoms with Gasteiger partial charge in [-0.3, -0.25) is 15.4 Å². The largest absolute Gasteiger partial charge is 0.334 e. The summed E-state index contributed by atoms with van der Waals surface area (Å²) in [6, 6.07) is 15.6. The molecule has 2 N–H and O–H groups in total. The molecule has 0 aliphatic rings. The molecule has 7 nitrogen and oxygen atoms in total. The van der Waals surface area contributed by atoms with E-state index in [1.807, 2.05) is 30.3 Å². The van der Waals surface area contributed by atoms with Crippen molar-refractivity contribution in [1.29, 1.82) is 0 Å². The van der Waals surface area contributed by atoms with Crippen molar-refractivity contribution >= 4 is 28.2 Å². The maximum Gasteiger partial charge on any atom is 0.321 e. The lowest BCUT2D eigenvalue weighted by atomic mass is 10.1. The fourth-order valence-electron chi connectivity index (χ4n) is 2.40. The second-order valence-corrected chi connectivity index (χ2v) is 6.53. The number of carbonyl (C=O) groups is 1. The normalized spacial score (nSPS) is 10.3. The zero-order valence-corrected chi connectivity index (χ0v) is 14.7. The van der Waals surface area contributed by atoms with E-state index >= 15 is 0 Å². The quantitative estimate of drug-likeness (QED) is 0.517. The third-order valence-electron chi connectivity index (χ3n) is 3.63. The van der Waals surface area contributed by atoms with Crippen LogP contribution in [-0.4, -0.2) is 15.9 Å². The van der Waals surface area contributed by atoms with Crippen molar-refractivity contribution in [3.8, 4) is 10.4 Å². The monoisotopic (exact) mass is 368 g/mol. The highest BCUT2D eigenvalue weighted by atomic mass is 32.1. The maximum atomic E-state index is 12.0. The van der Waals surface area contributed by atoms with Crippen molar-refractivity contribution < 1.29 is 9.72 Å². The number of hydrogen-bond donors (Lipinski definition) is 2. The van der Waals surface area contributed by atoms with Gasteiger partial charge in [0.05, 0.1) is 15.5 Å². The number of nitro groups is 1. The van der Waals surface area contributed by atoms with Crippen LogP contribution in [0.1, 0.15) is 11.3 Å². The second kappa shape index (κ2) is 7.75. The van der Waals surface area contributed by atoms with Crippen molar-refractivity contribution in [2.45, 2.75) is 13.5 Å². The molecule has 0 radical (unpaired) electrons. The summed E-state index contributed by atoms with van der Waals surface area (Å²) < 4.78 is 0. The van der Waals surface area contributed by atoms with Crippen LogP contribution in [0.3, 0.4) is 0 Å². The molecule has 0 aliphatic carbocycles. The first-order valence-corrected chi connectivity index (χ1v) is 8.65.